The molecule has 25 heavy (non-hydrogen) atoms. The molecule has 0 radical (unpaired) electrons. The Morgan fingerprint density at radius 2 is 1.80 bits per heavy atom. The van der Waals surface area contributed by atoms with Crippen molar-refractivity contribution in [2.75, 3.05) is 10.6 Å². The van der Waals surface area contributed by atoms with Gasteiger partial charge in [0.05, 0.1) is 11.9 Å². The van der Waals surface area contributed by atoms with E-state index in [0.717, 1.165) is 23.5 Å². The first-order chi connectivity index (χ1) is 12.1. The number of pyridine rings is 1. The molecule has 0 aliphatic carbocycles. The number of carbonyl (C=O) groups is 1. The second kappa shape index (κ2) is 7.62. The summed E-state index contributed by atoms with van der Waals surface area (Å²) in [5.74, 6) is -0.207. The Hall–Kier alpha value is -3.14. The Bertz CT molecular complexity index is 858. The van der Waals surface area contributed by atoms with Crippen molar-refractivity contribution in [1.82, 2.24) is 4.98 Å². The Kier molecular flexibility index (Phi) is 5.09. The molecule has 126 valence electrons. The van der Waals surface area contributed by atoms with Crippen molar-refractivity contribution >= 4 is 17.3 Å². The highest BCUT2D eigenvalue weighted by Crippen LogP contribution is 2.17. The molecule has 0 aliphatic heterocycles. The molecule has 0 fully saturated rings. The van der Waals surface area contributed by atoms with E-state index in [0.29, 0.717) is 5.69 Å². The van der Waals surface area contributed by atoms with Gasteiger partial charge in [-0.2, -0.15) is 0 Å². The molecule has 4 heteroatoms. The third-order valence-electron chi connectivity index (χ3n) is 3.97. The van der Waals surface area contributed by atoms with E-state index in [1.54, 1.807) is 12.3 Å². The number of benzene rings is 2. The monoisotopic (exact) mass is 331 g/mol. The predicted molar refractivity (Wildman–Crippen MR) is 102 cm³/mol. The minimum atomic E-state index is -0.207. The van der Waals surface area contributed by atoms with E-state index in [1.807, 2.05) is 56.3 Å². The fraction of sp³-hybridized carbons (Fsp3) is 0.143. The van der Waals surface area contributed by atoms with Crippen LogP contribution in [-0.2, 0) is 6.54 Å². The van der Waals surface area contributed by atoms with Gasteiger partial charge in [-0.05, 0) is 43.2 Å². The largest absolute Gasteiger partial charge is 0.380 e. The lowest BCUT2D eigenvalue weighted by Gasteiger charge is -2.10. The summed E-state index contributed by atoms with van der Waals surface area (Å²) in [5.41, 5.74) is 5.48. The topological polar surface area (TPSA) is 54.0 Å². The maximum atomic E-state index is 12.3. The van der Waals surface area contributed by atoms with E-state index < -0.39 is 0 Å². The van der Waals surface area contributed by atoms with Crippen LogP contribution in [0.1, 0.15) is 27.2 Å². The lowest BCUT2D eigenvalue weighted by atomic mass is 10.1. The first kappa shape index (κ1) is 16.7. The van der Waals surface area contributed by atoms with Crippen LogP contribution < -0.4 is 10.6 Å². The molecule has 0 bridgehead atoms. The van der Waals surface area contributed by atoms with E-state index >= 15 is 0 Å². The van der Waals surface area contributed by atoms with E-state index in [-0.39, 0.29) is 5.91 Å². The molecule has 0 aliphatic rings. The molecule has 0 spiro atoms. The number of hydrogen-bond donors (Lipinski definition) is 2. The number of anilines is 2. The Morgan fingerprint density at radius 1 is 1.00 bits per heavy atom. The zero-order chi connectivity index (χ0) is 17.6. The average Bonchev–Trinajstić information content (AvgIpc) is 2.63. The van der Waals surface area contributed by atoms with Gasteiger partial charge in [-0.3, -0.25) is 4.79 Å². The van der Waals surface area contributed by atoms with Crippen LogP contribution in [0.5, 0.6) is 0 Å². The molecular weight excluding hydrogens is 310 g/mol. The predicted octanol–water partition coefficient (Wildman–Crippen LogP) is 4.56. The minimum absolute atomic E-state index is 0.207. The number of hydrogen-bond acceptors (Lipinski definition) is 3. The van der Waals surface area contributed by atoms with Crippen LogP contribution >= 0.6 is 0 Å². The summed E-state index contributed by atoms with van der Waals surface area (Å²) in [6.07, 6.45) is 1.68. The summed E-state index contributed by atoms with van der Waals surface area (Å²) in [7, 11) is 0. The van der Waals surface area contributed by atoms with Gasteiger partial charge in [-0.15, -0.1) is 0 Å². The SMILES string of the molecule is Cc1ccc(NC(=O)c2ccc(NCc3ccccc3)cn2)c(C)c1. The molecule has 0 saturated carbocycles. The molecule has 2 N–H and O–H groups in total. The average molecular weight is 331 g/mol. The van der Waals surface area contributed by atoms with Gasteiger partial charge in [0.2, 0.25) is 0 Å². The lowest BCUT2D eigenvalue weighted by Crippen LogP contribution is -2.14. The van der Waals surface area contributed by atoms with E-state index in [2.05, 4.69) is 27.8 Å². The zero-order valence-electron chi connectivity index (χ0n) is 14.4. The smallest absolute Gasteiger partial charge is 0.274 e. The van der Waals surface area contributed by atoms with Crippen molar-refractivity contribution in [1.29, 1.82) is 0 Å². The Balaban J connectivity index is 1.62. The summed E-state index contributed by atoms with van der Waals surface area (Å²) < 4.78 is 0. The van der Waals surface area contributed by atoms with Crippen molar-refractivity contribution in [2.45, 2.75) is 20.4 Å². The summed E-state index contributed by atoms with van der Waals surface area (Å²) in [6.45, 7) is 4.73. The molecule has 1 heterocycles. The van der Waals surface area contributed by atoms with Crippen LogP contribution in [-0.4, -0.2) is 10.9 Å². The highest BCUT2D eigenvalue weighted by molar-refractivity contribution is 6.03. The molecule has 0 atom stereocenters. The quantitative estimate of drug-likeness (QED) is 0.720. The number of aryl methyl sites for hydroxylation is 2. The second-order valence-corrected chi connectivity index (χ2v) is 6.04. The molecule has 2 aromatic carbocycles. The summed E-state index contributed by atoms with van der Waals surface area (Å²) >= 11 is 0. The van der Waals surface area contributed by atoms with Gasteiger partial charge in [-0.25, -0.2) is 4.98 Å². The number of nitrogens with one attached hydrogen (secondary N) is 2. The molecule has 4 nitrogen and oxygen atoms in total. The fourth-order valence-corrected chi connectivity index (χ4v) is 2.57. The van der Waals surface area contributed by atoms with Crippen LogP contribution in [0.25, 0.3) is 0 Å². The number of nitrogens with zero attached hydrogens (tertiary/aromatic N) is 1. The van der Waals surface area contributed by atoms with Crippen LogP contribution in [0.2, 0.25) is 0 Å². The normalized spacial score (nSPS) is 10.3. The van der Waals surface area contributed by atoms with Crippen molar-refractivity contribution in [3.8, 4) is 0 Å². The maximum absolute atomic E-state index is 12.3. The molecule has 0 unspecified atom stereocenters. The molecule has 3 rings (SSSR count). The molecule has 0 saturated heterocycles. The third-order valence-corrected chi connectivity index (χ3v) is 3.97. The van der Waals surface area contributed by atoms with Crippen molar-refractivity contribution < 1.29 is 4.79 Å². The van der Waals surface area contributed by atoms with Crippen LogP contribution in [0.15, 0.2) is 66.9 Å². The van der Waals surface area contributed by atoms with E-state index in [9.17, 15) is 4.79 Å². The van der Waals surface area contributed by atoms with Gasteiger partial charge in [0.15, 0.2) is 0 Å². The first-order valence-corrected chi connectivity index (χ1v) is 8.24. The van der Waals surface area contributed by atoms with Crippen molar-refractivity contribution in [2.24, 2.45) is 0 Å². The summed E-state index contributed by atoms with van der Waals surface area (Å²) in [4.78, 5) is 16.6. The fourth-order valence-electron chi connectivity index (χ4n) is 2.57. The third kappa shape index (κ3) is 4.44. The van der Waals surface area contributed by atoms with Crippen LogP contribution in [0.3, 0.4) is 0 Å². The Morgan fingerprint density at radius 3 is 2.48 bits per heavy atom. The molecule has 3 aromatic rings. The van der Waals surface area contributed by atoms with Crippen molar-refractivity contribution in [3.05, 3.63) is 89.2 Å². The Labute approximate surface area is 147 Å². The number of aromatic nitrogens is 1. The van der Waals surface area contributed by atoms with Gasteiger partial charge >= 0.3 is 0 Å². The lowest BCUT2D eigenvalue weighted by molar-refractivity contribution is 0.102. The van der Waals surface area contributed by atoms with Gasteiger partial charge in [0.25, 0.3) is 5.91 Å². The van der Waals surface area contributed by atoms with Crippen molar-refractivity contribution in [3.63, 3.8) is 0 Å². The van der Waals surface area contributed by atoms with Crippen LogP contribution in [0, 0.1) is 13.8 Å². The van der Waals surface area contributed by atoms with Gasteiger partial charge < -0.3 is 10.6 Å². The number of amides is 1. The highest BCUT2D eigenvalue weighted by atomic mass is 16.1. The zero-order valence-corrected chi connectivity index (χ0v) is 14.4. The van der Waals surface area contributed by atoms with Gasteiger partial charge in [0, 0.05) is 12.2 Å². The molecule has 1 amide bonds. The minimum Gasteiger partial charge on any atom is -0.380 e. The summed E-state index contributed by atoms with van der Waals surface area (Å²) in [6, 6.07) is 19.7. The standard InChI is InChI=1S/C21H21N3O/c1-15-8-10-19(16(2)12-15)24-21(25)20-11-9-18(14-23-20)22-13-17-6-4-3-5-7-17/h3-12,14,22H,13H2,1-2H3,(H,24,25). The van der Waals surface area contributed by atoms with Gasteiger partial charge in [0.1, 0.15) is 5.69 Å². The molecule has 1 aromatic heterocycles. The summed E-state index contributed by atoms with van der Waals surface area (Å²) in [5, 5.41) is 6.21. The van der Waals surface area contributed by atoms with E-state index in [1.165, 1.54) is 11.1 Å². The highest BCUT2D eigenvalue weighted by Gasteiger charge is 2.09. The first-order valence-electron chi connectivity index (χ1n) is 8.24. The number of carbonyl (C=O) groups excluding carboxylic acids is 1. The number of rotatable bonds is 5. The second-order valence-electron chi connectivity index (χ2n) is 6.04. The van der Waals surface area contributed by atoms with E-state index in [4.69, 9.17) is 0 Å². The van der Waals surface area contributed by atoms with Gasteiger partial charge in [-0.1, -0.05) is 48.0 Å². The van der Waals surface area contributed by atoms with Crippen LogP contribution in [0.4, 0.5) is 11.4 Å². The molecular formula is C21H21N3O. The maximum Gasteiger partial charge on any atom is 0.274 e.